The molecule has 2 aromatic rings. The van der Waals surface area contributed by atoms with Gasteiger partial charge in [0.2, 0.25) is 0 Å². The molecule has 0 amide bonds. The van der Waals surface area contributed by atoms with Crippen molar-refractivity contribution in [2.45, 2.75) is 32.6 Å². The summed E-state index contributed by atoms with van der Waals surface area (Å²) >= 11 is 0. The maximum atomic E-state index is 12.7. The zero-order valence-corrected chi connectivity index (χ0v) is 20.3. The Kier molecular flexibility index (Phi) is 9.27. The molecule has 1 heterocycles. The lowest BCUT2D eigenvalue weighted by Gasteiger charge is -2.29. The number of nitriles is 1. The van der Waals surface area contributed by atoms with Gasteiger partial charge < -0.3 is 14.4 Å². The number of methoxy groups -OCH3 is 1. The summed E-state index contributed by atoms with van der Waals surface area (Å²) < 4.78 is 38.2. The lowest BCUT2D eigenvalue weighted by molar-refractivity contribution is 0.0699. The largest absolute Gasteiger partial charge is 0.382 e. The maximum absolute atomic E-state index is 12.7. The molecule has 7 nitrogen and oxygen atoms in total. The number of benzene rings is 2. The molecule has 33 heavy (non-hydrogen) atoms. The summed E-state index contributed by atoms with van der Waals surface area (Å²) in [4.78, 5) is 2.16. The molecule has 8 heteroatoms. The normalized spacial score (nSPS) is 15.4. The van der Waals surface area contributed by atoms with Gasteiger partial charge in [-0.3, -0.25) is 0 Å². The fraction of sp³-hybridized carbons (Fsp3) is 0.480. The minimum atomic E-state index is -3.91. The number of sulfonamides is 1. The molecule has 2 aromatic carbocycles. The summed E-state index contributed by atoms with van der Waals surface area (Å²) in [5.41, 5.74) is 2.37. The Bertz CT molecular complexity index is 1120. The molecule has 0 aromatic heterocycles. The third-order valence-electron chi connectivity index (χ3n) is 5.88. The van der Waals surface area contributed by atoms with Crippen LogP contribution in [0.5, 0.6) is 0 Å². The molecule has 1 aliphatic heterocycles. The van der Waals surface area contributed by atoms with Crippen molar-refractivity contribution >= 4 is 32.1 Å². The second-order valence-corrected chi connectivity index (χ2v) is 9.92. The Morgan fingerprint density at radius 1 is 1.06 bits per heavy atom. The van der Waals surface area contributed by atoms with Gasteiger partial charge in [-0.15, -0.1) is 0 Å². The highest BCUT2D eigenvalue weighted by atomic mass is 32.2. The third kappa shape index (κ3) is 6.78. The molecule has 1 fully saturated rings. The number of rotatable bonds is 11. The molecule has 0 bridgehead atoms. The highest BCUT2D eigenvalue weighted by Gasteiger charge is 2.21. The Hall–Kier alpha value is -2.44. The third-order valence-corrected chi connectivity index (χ3v) is 7.40. The van der Waals surface area contributed by atoms with Crippen molar-refractivity contribution in [2.75, 3.05) is 51.5 Å². The van der Waals surface area contributed by atoms with Crippen LogP contribution in [0.25, 0.3) is 16.3 Å². The molecule has 1 saturated heterocycles. The van der Waals surface area contributed by atoms with Gasteiger partial charge in [0.15, 0.2) is 4.91 Å². The number of piperidine rings is 1. The van der Waals surface area contributed by atoms with Crippen molar-refractivity contribution in [2.24, 2.45) is 0 Å². The van der Waals surface area contributed by atoms with Crippen LogP contribution < -0.4 is 9.62 Å². The molecule has 0 aliphatic carbocycles. The number of nitrogens with zero attached hydrogens (tertiary/aromatic N) is 2. The van der Waals surface area contributed by atoms with E-state index in [-0.39, 0.29) is 11.4 Å². The predicted molar refractivity (Wildman–Crippen MR) is 132 cm³/mol. The first-order valence-electron chi connectivity index (χ1n) is 11.4. The van der Waals surface area contributed by atoms with Gasteiger partial charge in [0.05, 0.1) is 13.2 Å². The van der Waals surface area contributed by atoms with Gasteiger partial charge in [0, 0.05) is 39.0 Å². The average Bonchev–Trinajstić information content (AvgIpc) is 2.83. The highest BCUT2D eigenvalue weighted by Crippen LogP contribution is 2.29. The van der Waals surface area contributed by atoms with Gasteiger partial charge in [-0.05, 0) is 72.7 Å². The van der Waals surface area contributed by atoms with Crippen LogP contribution in [-0.2, 0) is 19.5 Å². The van der Waals surface area contributed by atoms with E-state index in [9.17, 15) is 13.7 Å². The van der Waals surface area contributed by atoms with Crippen LogP contribution in [0.3, 0.4) is 0 Å². The van der Waals surface area contributed by atoms with E-state index < -0.39 is 10.0 Å². The first-order valence-corrected chi connectivity index (χ1v) is 12.9. The molecular weight excluding hydrogens is 438 g/mol. The molecular formula is C25H33N3O4S. The van der Waals surface area contributed by atoms with E-state index >= 15 is 0 Å². The SMILES string of the molecule is COCCOCCCNS(=O)(=O)/C(C#N)=C(\C)c1ccc2cc(N3CCCCC3)ccc2c1. The van der Waals surface area contributed by atoms with E-state index in [1.165, 1.54) is 24.9 Å². The molecule has 0 spiro atoms. The summed E-state index contributed by atoms with van der Waals surface area (Å²) in [7, 11) is -2.31. The number of allylic oxidation sites excluding steroid dienone is 2. The van der Waals surface area contributed by atoms with Gasteiger partial charge in [0.1, 0.15) is 6.07 Å². The quantitative estimate of drug-likeness (QED) is 0.393. The lowest BCUT2D eigenvalue weighted by atomic mass is 10.0. The van der Waals surface area contributed by atoms with E-state index in [1.807, 2.05) is 24.3 Å². The van der Waals surface area contributed by atoms with E-state index in [0.29, 0.717) is 31.8 Å². The topological polar surface area (TPSA) is 91.7 Å². The summed E-state index contributed by atoms with van der Waals surface area (Å²) in [5.74, 6) is 0. The molecule has 0 unspecified atom stereocenters. The van der Waals surface area contributed by atoms with E-state index in [1.54, 1.807) is 14.0 Å². The van der Waals surface area contributed by atoms with Gasteiger partial charge >= 0.3 is 0 Å². The zero-order chi connectivity index (χ0) is 23.7. The highest BCUT2D eigenvalue weighted by molar-refractivity contribution is 7.93. The summed E-state index contributed by atoms with van der Waals surface area (Å²) in [6.45, 7) is 5.42. The minimum Gasteiger partial charge on any atom is -0.382 e. The van der Waals surface area contributed by atoms with Crippen molar-refractivity contribution in [1.29, 1.82) is 5.26 Å². The molecule has 1 aliphatic rings. The van der Waals surface area contributed by atoms with E-state index in [0.717, 1.165) is 29.4 Å². The van der Waals surface area contributed by atoms with Crippen molar-refractivity contribution in [3.05, 3.63) is 46.9 Å². The van der Waals surface area contributed by atoms with Gasteiger partial charge in [-0.2, -0.15) is 5.26 Å². The van der Waals surface area contributed by atoms with E-state index in [4.69, 9.17) is 9.47 Å². The van der Waals surface area contributed by atoms with Gasteiger partial charge in [0.25, 0.3) is 10.0 Å². The van der Waals surface area contributed by atoms with Crippen LogP contribution in [0.4, 0.5) is 5.69 Å². The first kappa shape index (κ1) is 25.2. The number of anilines is 1. The fourth-order valence-corrected chi connectivity index (χ4v) is 5.19. The van der Waals surface area contributed by atoms with Crippen LogP contribution >= 0.6 is 0 Å². The van der Waals surface area contributed by atoms with Crippen LogP contribution in [-0.4, -0.2) is 55.0 Å². The molecule has 0 saturated carbocycles. The van der Waals surface area contributed by atoms with Gasteiger partial charge in [-0.1, -0.05) is 18.2 Å². The Morgan fingerprint density at radius 2 is 1.79 bits per heavy atom. The number of nitrogens with one attached hydrogen (secondary N) is 1. The molecule has 0 radical (unpaired) electrons. The first-order chi connectivity index (χ1) is 16.0. The number of fused-ring (bicyclic) bond motifs is 1. The van der Waals surface area contributed by atoms with Crippen molar-refractivity contribution < 1.29 is 17.9 Å². The number of ether oxygens (including phenoxy) is 2. The fourth-order valence-electron chi connectivity index (χ4n) is 3.99. The summed E-state index contributed by atoms with van der Waals surface area (Å²) in [6.07, 6.45) is 4.25. The van der Waals surface area contributed by atoms with Crippen LogP contribution in [0.15, 0.2) is 41.3 Å². The number of hydrogen-bond acceptors (Lipinski definition) is 6. The van der Waals surface area contributed by atoms with Crippen LogP contribution in [0.1, 0.15) is 38.2 Å². The van der Waals surface area contributed by atoms with Crippen molar-refractivity contribution in [1.82, 2.24) is 4.72 Å². The Labute approximate surface area is 197 Å². The van der Waals surface area contributed by atoms with Crippen LogP contribution in [0.2, 0.25) is 0 Å². The summed E-state index contributed by atoms with van der Waals surface area (Å²) in [6, 6.07) is 14.1. The summed E-state index contributed by atoms with van der Waals surface area (Å²) in [5, 5.41) is 11.7. The minimum absolute atomic E-state index is 0.199. The molecule has 178 valence electrons. The van der Waals surface area contributed by atoms with Crippen molar-refractivity contribution in [3.8, 4) is 6.07 Å². The lowest BCUT2D eigenvalue weighted by Crippen LogP contribution is -2.29. The Morgan fingerprint density at radius 3 is 2.52 bits per heavy atom. The van der Waals surface area contributed by atoms with Gasteiger partial charge in [-0.25, -0.2) is 13.1 Å². The van der Waals surface area contributed by atoms with E-state index in [2.05, 4.69) is 27.8 Å². The average molecular weight is 472 g/mol. The molecule has 0 atom stereocenters. The van der Waals surface area contributed by atoms with Crippen LogP contribution in [0, 0.1) is 11.3 Å². The monoisotopic (exact) mass is 471 g/mol. The maximum Gasteiger partial charge on any atom is 0.250 e. The second-order valence-electron chi connectivity index (χ2n) is 8.22. The molecule has 3 rings (SSSR count). The smallest absolute Gasteiger partial charge is 0.250 e. The molecule has 1 N–H and O–H groups in total. The van der Waals surface area contributed by atoms with Crippen molar-refractivity contribution in [3.63, 3.8) is 0 Å². The Balaban J connectivity index is 1.73. The zero-order valence-electron chi connectivity index (χ0n) is 19.5. The standard InChI is InChI=1S/C25H33N3O4S/c1-20(25(19-26)33(29,30)27-11-6-14-32-16-15-31-2)21-7-8-23-18-24(10-9-22(23)17-21)28-12-4-3-5-13-28/h7-10,17-18,27H,3-6,11-16H2,1-2H3/b25-20+. The number of hydrogen-bond donors (Lipinski definition) is 1. The second kappa shape index (κ2) is 12.1. The predicted octanol–water partition coefficient (Wildman–Crippen LogP) is 4.06.